The fraction of sp³-hybridized carbons (Fsp3) is 0.250. The lowest BCUT2D eigenvalue weighted by Gasteiger charge is -2.05. The molecule has 0 saturated heterocycles. The molecule has 5 heteroatoms. The summed E-state index contributed by atoms with van der Waals surface area (Å²) in [5.74, 6) is 0.0161. The van der Waals surface area contributed by atoms with Crippen LogP contribution in [0.15, 0.2) is 30.6 Å². The molecule has 1 heterocycles. The van der Waals surface area contributed by atoms with Crippen LogP contribution >= 0.6 is 0 Å². The van der Waals surface area contributed by atoms with E-state index in [-0.39, 0.29) is 0 Å². The molecule has 5 nitrogen and oxygen atoms in total. The minimum Gasteiger partial charge on any atom is -0.478 e. The third-order valence-electron chi connectivity index (χ3n) is 2.57. The maximum Gasteiger partial charge on any atom is 0.335 e. The van der Waals surface area contributed by atoms with Crippen LogP contribution in [0.4, 0.5) is 0 Å². The van der Waals surface area contributed by atoms with Gasteiger partial charge in [0.25, 0.3) is 0 Å². The number of aryl methyl sites for hydroxylation is 1. The maximum atomic E-state index is 10.7. The average Bonchev–Trinajstić information content (AvgIpc) is 2.77. The first-order valence-corrected chi connectivity index (χ1v) is 5.39. The Bertz CT molecular complexity index is 517. The molecule has 0 aliphatic rings. The monoisotopic (exact) mass is 231 g/mol. The summed E-state index contributed by atoms with van der Waals surface area (Å²) in [7, 11) is 0. The van der Waals surface area contributed by atoms with Gasteiger partial charge in [-0.15, -0.1) is 10.2 Å². The van der Waals surface area contributed by atoms with Gasteiger partial charge >= 0.3 is 5.97 Å². The highest BCUT2D eigenvalue weighted by molar-refractivity contribution is 5.87. The van der Waals surface area contributed by atoms with Crippen molar-refractivity contribution in [3.8, 4) is 0 Å². The molecular weight excluding hydrogens is 218 g/mol. The molecular formula is C12H13N3O2. The van der Waals surface area contributed by atoms with Gasteiger partial charge < -0.3 is 9.67 Å². The van der Waals surface area contributed by atoms with Crippen LogP contribution in [-0.2, 0) is 13.0 Å². The summed E-state index contributed by atoms with van der Waals surface area (Å²) in [6.07, 6.45) is 2.51. The predicted octanol–water partition coefficient (Wildman–Crippen LogP) is 1.59. The number of aromatic nitrogens is 3. The van der Waals surface area contributed by atoms with Crippen LogP contribution in [-0.4, -0.2) is 25.8 Å². The summed E-state index contributed by atoms with van der Waals surface area (Å²) in [5.41, 5.74) is 1.33. The molecule has 2 rings (SSSR count). The fourth-order valence-corrected chi connectivity index (χ4v) is 1.63. The lowest BCUT2D eigenvalue weighted by molar-refractivity contribution is 0.0697. The van der Waals surface area contributed by atoms with Crippen molar-refractivity contribution < 1.29 is 9.90 Å². The Labute approximate surface area is 98.7 Å². The fourth-order valence-electron chi connectivity index (χ4n) is 1.63. The normalized spacial score (nSPS) is 10.4. The Morgan fingerprint density at radius 3 is 2.65 bits per heavy atom. The van der Waals surface area contributed by atoms with E-state index in [1.807, 2.05) is 23.6 Å². The van der Waals surface area contributed by atoms with E-state index < -0.39 is 5.97 Å². The van der Waals surface area contributed by atoms with Gasteiger partial charge in [0, 0.05) is 6.42 Å². The van der Waals surface area contributed by atoms with E-state index in [0.717, 1.165) is 17.8 Å². The van der Waals surface area contributed by atoms with E-state index in [1.165, 1.54) is 0 Å². The number of benzene rings is 1. The van der Waals surface area contributed by atoms with E-state index in [1.54, 1.807) is 18.5 Å². The number of carboxylic acid groups (broad SMARTS) is 1. The van der Waals surface area contributed by atoms with Crippen molar-refractivity contribution in [1.82, 2.24) is 14.8 Å². The summed E-state index contributed by atoms with van der Waals surface area (Å²) in [4.78, 5) is 10.7. The van der Waals surface area contributed by atoms with Crippen LogP contribution in [0, 0.1) is 0 Å². The second-order valence-corrected chi connectivity index (χ2v) is 3.73. The number of carbonyl (C=O) groups is 1. The van der Waals surface area contributed by atoms with Gasteiger partial charge in [0.1, 0.15) is 12.2 Å². The summed E-state index contributed by atoms with van der Waals surface area (Å²) >= 11 is 0. The predicted molar refractivity (Wildman–Crippen MR) is 61.9 cm³/mol. The molecule has 2 aromatic rings. The quantitative estimate of drug-likeness (QED) is 0.867. The summed E-state index contributed by atoms with van der Waals surface area (Å²) in [6.45, 7) is 2.68. The highest BCUT2D eigenvalue weighted by Crippen LogP contribution is 2.07. The molecule has 88 valence electrons. The van der Waals surface area contributed by atoms with E-state index in [9.17, 15) is 4.79 Å². The minimum atomic E-state index is -0.907. The van der Waals surface area contributed by atoms with Crippen molar-refractivity contribution in [1.29, 1.82) is 0 Å². The molecule has 0 unspecified atom stereocenters. The van der Waals surface area contributed by atoms with Gasteiger partial charge in [-0.05, 0) is 17.7 Å². The number of hydrogen-bond donors (Lipinski definition) is 1. The Balaban J connectivity index is 2.16. The SMILES string of the molecule is CCc1nncn1Cc1ccc(C(=O)O)cc1. The van der Waals surface area contributed by atoms with Crippen molar-refractivity contribution in [2.75, 3.05) is 0 Å². The second kappa shape index (κ2) is 4.78. The minimum absolute atomic E-state index is 0.299. The van der Waals surface area contributed by atoms with Gasteiger partial charge in [-0.3, -0.25) is 0 Å². The molecule has 17 heavy (non-hydrogen) atoms. The number of nitrogens with zero attached hydrogens (tertiary/aromatic N) is 3. The van der Waals surface area contributed by atoms with Crippen molar-refractivity contribution in [2.24, 2.45) is 0 Å². The summed E-state index contributed by atoms with van der Waals surface area (Å²) < 4.78 is 1.95. The van der Waals surface area contributed by atoms with E-state index in [0.29, 0.717) is 12.1 Å². The summed E-state index contributed by atoms with van der Waals surface area (Å²) in [5, 5.41) is 16.6. The topological polar surface area (TPSA) is 68.0 Å². The second-order valence-electron chi connectivity index (χ2n) is 3.73. The van der Waals surface area contributed by atoms with E-state index in [4.69, 9.17) is 5.11 Å². The first-order chi connectivity index (χ1) is 8.20. The maximum absolute atomic E-state index is 10.7. The molecule has 0 bridgehead atoms. The molecule has 0 radical (unpaired) electrons. The van der Waals surface area contributed by atoms with Crippen LogP contribution in [0.1, 0.15) is 28.7 Å². The first kappa shape index (κ1) is 11.3. The average molecular weight is 231 g/mol. The summed E-state index contributed by atoms with van der Waals surface area (Å²) in [6, 6.07) is 6.83. The zero-order chi connectivity index (χ0) is 12.3. The van der Waals surface area contributed by atoms with Crippen molar-refractivity contribution >= 4 is 5.97 Å². The molecule has 1 N–H and O–H groups in total. The number of rotatable bonds is 4. The molecule has 0 atom stereocenters. The highest BCUT2D eigenvalue weighted by atomic mass is 16.4. The van der Waals surface area contributed by atoms with Crippen molar-refractivity contribution in [3.05, 3.63) is 47.5 Å². The van der Waals surface area contributed by atoms with Crippen molar-refractivity contribution in [2.45, 2.75) is 19.9 Å². The molecule has 1 aromatic carbocycles. The Morgan fingerprint density at radius 2 is 2.06 bits per heavy atom. The van der Waals surface area contributed by atoms with Crippen LogP contribution in [0.5, 0.6) is 0 Å². The zero-order valence-corrected chi connectivity index (χ0v) is 9.50. The van der Waals surface area contributed by atoms with Gasteiger partial charge in [0.05, 0.1) is 12.1 Å². The largest absolute Gasteiger partial charge is 0.478 e. The Hall–Kier alpha value is -2.17. The number of aromatic carboxylic acids is 1. The molecule has 0 spiro atoms. The van der Waals surface area contributed by atoms with Gasteiger partial charge in [0.15, 0.2) is 0 Å². The Kier molecular flexibility index (Phi) is 3.18. The first-order valence-electron chi connectivity index (χ1n) is 5.39. The number of carboxylic acids is 1. The van der Waals surface area contributed by atoms with Gasteiger partial charge in [-0.25, -0.2) is 4.79 Å². The molecule has 0 saturated carbocycles. The lowest BCUT2D eigenvalue weighted by Crippen LogP contribution is -2.04. The lowest BCUT2D eigenvalue weighted by atomic mass is 10.1. The molecule has 0 amide bonds. The van der Waals surface area contributed by atoms with Crippen molar-refractivity contribution in [3.63, 3.8) is 0 Å². The molecule has 0 aliphatic carbocycles. The molecule has 0 fully saturated rings. The van der Waals surface area contributed by atoms with Crippen LogP contribution < -0.4 is 0 Å². The number of hydrogen-bond acceptors (Lipinski definition) is 3. The smallest absolute Gasteiger partial charge is 0.335 e. The zero-order valence-electron chi connectivity index (χ0n) is 9.50. The van der Waals surface area contributed by atoms with Crippen LogP contribution in [0.3, 0.4) is 0 Å². The van der Waals surface area contributed by atoms with E-state index in [2.05, 4.69) is 10.2 Å². The standard InChI is InChI=1S/C12H13N3O2/c1-2-11-14-13-8-15(11)7-9-3-5-10(6-4-9)12(16)17/h3-6,8H,2,7H2,1H3,(H,16,17). The van der Waals surface area contributed by atoms with E-state index >= 15 is 0 Å². The Morgan fingerprint density at radius 1 is 1.35 bits per heavy atom. The van der Waals surface area contributed by atoms with Gasteiger partial charge in [-0.1, -0.05) is 19.1 Å². The van der Waals surface area contributed by atoms with Crippen LogP contribution in [0.2, 0.25) is 0 Å². The van der Waals surface area contributed by atoms with Gasteiger partial charge in [-0.2, -0.15) is 0 Å². The van der Waals surface area contributed by atoms with Crippen LogP contribution in [0.25, 0.3) is 0 Å². The third kappa shape index (κ3) is 2.50. The third-order valence-corrected chi connectivity index (χ3v) is 2.57. The highest BCUT2D eigenvalue weighted by Gasteiger charge is 2.04. The molecule has 1 aromatic heterocycles. The molecule has 0 aliphatic heterocycles. The van der Waals surface area contributed by atoms with Gasteiger partial charge in [0.2, 0.25) is 0 Å².